The minimum atomic E-state index is -0.720. The van der Waals surface area contributed by atoms with Gasteiger partial charge in [0.05, 0.1) is 11.8 Å². The van der Waals surface area contributed by atoms with Gasteiger partial charge in [-0.05, 0) is 56.6 Å². The number of hydrogen-bond acceptors (Lipinski definition) is 5. The van der Waals surface area contributed by atoms with Crippen molar-refractivity contribution in [3.05, 3.63) is 34.9 Å². The number of likely N-dealkylation sites (tertiary alicyclic amines) is 1. The van der Waals surface area contributed by atoms with Crippen molar-refractivity contribution in [1.82, 2.24) is 4.90 Å². The molecule has 1 aromatic carbocycles. The minimum absolute atomic E-state index is 0.241. The molecule has 6 nitrogen and oxygen atoms in total. The Labute approximate surface area is 157 Å². The highest BCUT2D eigenvalue weighted by atomic mass is 16.5. The molecule has 1 heterocycles. The zero-order valence-corrected chi connectivity index (χ0v) is 15.6. The first kappa shape index (κ1) is 17.9. The Morgan fingerprint density at radius 3 is 2.33 bits per heavy atom. The van der Waals surface area contributed by atoms with Crippen molar-refractivity contribution in [2.45, 2.75) is 33.1 Å². The molecule has 142 valence electrons. The lowest BCUT2D eigenvalue weighted by atomic mass is 9.81. The number of carbonyl (C=O) groups is 4. The molecule has 2 aliphatic carbocycles. The van der Waals surface area contributed by atoms with Crippen molar-refractivity contribution in [2.75, 3.05) is 13.2 Å². The summed E-state index contributed by atoms with van der Waals surface area (Å²) in [6.07, 6.45) is 2.94. The molecule has 6 heteroatoms. The molecule has 3 fully saturated rings. The number of amides is 2. The molecule has 0 unspecified atom stereocenters. The predicted octanol–water partition coefficient (Wildman–Crippen LogP) is 2.06. The molecule has 1 aliphatic heterocycles. The van der Waals surface area contributed by atoms with Gasteiger partial charge in [0.2, 0.25) is 17.6 Å². The second-order valence-electron chi connectivity index (χ2n) is 8.05. The second-order valence-corrected chi connectivity index (χ2v) is 8.05. The molecule has 0 radical (unpaired) electrons. The van der Waals surface area contributed by atoms with Crippen LogP contribution in [0.15, 0.2) is 18.2 Å². The highest BCUT2D eigenvalue weighted by Crippen LogP contribution is 2.56. The summed E-state index contributed by atoms with van der Waals surface area (Å²) in [6.45, 7) is 2.92. The van der Waals surface area contributed by atoms with Crippen molar-refractivity contribution in [3.8, 4) is 0 Å². The van der Waals surface area contributed by atoms with Crippen LogP contribution in [0.5, 0.6) is 0 Å². The first-order chi connectivity index (χ1) is 12.9. The fourth-order valence-corrected chi connectivity index (χ4v) is 5.06. The number of hydrogen-bond donors (Lipinski definition) is 0. The SMILES string of the molecule is Cc1ccc(C)c(C(=O)COC(=O)CN2C(=O)[C@@H]3[C@H]4CC[C@@H](C4)[C@@H]3C2=O)c1. The van der Waals surface area contributed by atoms with Crippen LogP contribution >= 0.6 is 0 Å². The number of Topliss-reactive ketones (excluding diaryl/α,β-unsaturated/α-hetero) is 1. The Balaban J connectivity index is 1.36. The van der Waals surface area contributed by atoms with Gasteiger partial charge < -0.3 is 4.74 Å². The molecule has 4 atom stereocenters. The van der Waals surface area contributed by atoms with Gasteiger partial charge in [0.25, 0.3) is 0 Å². The van der Waals surface area contributed by atoms with Crippen LogP contribution in [0.2, 0.25) is 0 Å². The van der Waals surface area contributed by atoms with Gasteiger partial charge in [0, 0.05) is 5.56 Å². The average Bonchev–Trinajstić information content (AvgIpc) is 3.31. The third kappa shape index (κ3) is 2.97. The monoisotopic (exact) mass is 369 g/mol. The third-order valence-corrected chi connectivity index (χ3v) is 6.36. The highest BCUT2D eigenvalue weighted by molar-refractivity contribution is 6.08. The molecule has 1 saturated heterocycles. The van der Waals surface area contributed by atoms with Crippen molar-refractivity contribution < 1.29 is 23.9 Å². The van der Waals surface area contributed by atoms with Crippen molar-refractivity contribution >= 4 is 23.6 Å². The standard InChI is InChI=1S/C21H23NO5/c1-11-3-4-12(2)15(7-11)16(23)10-27-17(24)9-22-20(25)18-13-5-6-14(8-13)19(18)21(22)26/h3-4,7,13-14,18-19H,5-6,8-10H2,1-2H3/t13-,14-,18-,19+/m0/s1. The topological polar surface area (TPSA) is 80.8 Å². The van der Waals surface area contributed by atoms with Crippen LogP contribution in [0.3, 0.4) is 0 Å². The van der Waals surface area contributed by atoms with Gasteiger partial charge in [-0.25, -0.2) is 0 Å². The summed E-state index contributed by atoms with van der Waals surface area (Å²) in [5, 5.41) is 0. The number of nitrogens with zero attached hydrogens (tertiary/aromatic N) is 1. The molecular formula is C21H23NO5. The van der Waals surface area contributed by atoms with Gasteiger partial charge in [0.1, 0.15) is 6.54 Å². The zero-order chi connectivity index (χ0) is 19.3. The van der Waals surface area contributed by atoms with Crippen LogP contribution in [0, 0.1) is 37.5 Å². The van der Waals surface area contributed by atoms with Gasteiger partial charge in [0.15, 0.2) is 6.61 Å². The van der Waals surface area contributed by atoms with Crippen molar-refractivity contribution in [3.63, 3.8) is 0 Å². The van der Waals surface area contributed by atoms with Crippen LogP contribution in [0.1, 0.15) is 40.7 Å². The van der Waals surface area contributed by atoms with Crippen LogP contribution in [0.4, 0.5) is 0 Å². The fraction of sp³-hybridized carbons (Fsp3) is 0.524. The molecule has 1 aromatic rings. The number of rotatable bonds is 5. The maximum absolute atomic E-state index is 12.6. The number of ketones is 1. The summed E-state index contributed by atoms with van der Waals surface area (Å²) in [7, 11) is 0. The van der Waals surface area contributed by atoms with E-state index in [4.69, 9.17) is 4.74 Å². The normalized spacial score (nSPS) is 28.6. The Morgan fingerprint density at radius 1 is 1.07 bits per heavy atom. The van der Waals surface area contributed by atoms with Crippen molar-refractivity contribution in [2.24, 2.45) is 23.7 Å². The average molecular weight is 369 g/mol. The molecule has 0 N–H and O–H groups in total. The summed E-state index contributed by atoms with van der Waals surface area (Å²) in [5.41, 5.74) is 2.28. The molecule has 3 aliphatic rings. The van der Waals surface area contributed by atoms with Gasteiger partial charge in [-0.15, -0.1) is 0 Å². The lowest BCUT2D eigenvalue weighted by Crippen LogP contribution is -2.38. The number of esters is 1. The largest absolute Gasteiger partial charge is 0.456 e. The predicted molar refractivity (Wildman–Crippen MR) is 95.7 cm³/mol. The summed E-state index contributed by atoms with van der Waals surface area (Å²) in [6, 6.07) is 5.52. The molecular weight excluding hydrogens is 346 g/mol. The van der Waals surface area contributed by atoms with E-state index in [2.05, 4.69) is 0 Å². The second kappa shape index (κ2) is 6.59. The quantitative estimate of drug-likeness (QED) is 0.451. The van der Waals surface area contributed by atoms with E-state index in [1.807, 2.05) is 26.0 Å². The van der Waals surface area contributed by atoms with E-state index in [0.717, 1.165) is 35.3 Å². The number of carbonyl (C=O) groups excluding carboxylic acids is 4. The van der Waals surface area contributed by atoms with E-state index in [1.54, 1.807) is 6.07 Å². The number of ether oxygens (including phenoxy) is 1. The Hall–Kier alpha value is -2.50. The van der Waals surface area contributed by atoms with Crippen LogP contribution in [-0.2, 0) is 19.1 Å². The van der Waals surface area contributed by atoms with E-state index < -0.39 is 19.1 Å². The Bertz CT molecular complexity index is 817. The van der Waals surface area contributed by atoms with Gasteiger partial charge in [-0.2, -0.15) is 0 Å². The van der Waals surface area contributed by atoms with Gasteiger partial charge in [-0.1, -0.05) is 17.7 Å². The van der Waals surface area contributed by atoms with Gasteiger partial charge >= 0.3 is 5.97 Å². The maximum Gasteiger partial charge on any atom is 0.326 e. The van der Waals surface area contributed by atoms with Crippen molar-refractivity contribution in [1.29, 1.82) is 0 Å². The lowest BCUT2D eigenvalue weighted by molar-refractivity contribution is -0.152. The maximum atomic E-state index is 12.6. The highest BCUT2D eigenvalue weighted by Gasteiger charge is 2.61. The smallest absolute Gasteiger partial charge is 0.326 e. The number of benzene rings is 1. The molecule has 27 heavy (non-hydrogen) atoms. The molecule has 0 spiro atoms. The van der Waals surface area contributed by atoms with E-state index in [-0.39, 0.29) is 41.3 Å². The number of imide groups is 1. The van der Waals surface area contributed by atoms with E-state index in [9.17, 15) is 19.2 Å². The van der Waals surface area contributed by atoms with Crippen LogP contribution in [-0.4, -0.2) is 41.6 Å². The Kier molecular flexibility index (Phi) is 4.36. The third-order valence-electron chi connectivity index (χ3n) is 6.36. The molecule has 2 saturated carbocycles. The number of aryl methyl sites for hydroxylation is 2. The summed E-state index contributed by atoms with van der Waals surface area (Å²) < 4.78 is 5.07. The van der Waals surface area contributed by atoms with Crippen LogP contribution < -0.4 is 0 Å². The first-order valence-electron chi connectivity index (χ1n) is 9.48. The fourth-order valence-electron chi connectivity index (χ4n) is 5.06. The van der Waals surface area contributed by atoms with E-state index in [0.29, 0.717) is 5.56 Å². The summed E-state index contributed by atoms with van der Waals surface area (Å²) in [5.74, 6) is -1.43. The lowest BCUT2D eigenvalue weighted by Gasteiger charge is -2.19. The molecule has 2 bridgehead atoms. The van der Waals surface area contributed by atoms with Crippen LogP contribution in [0.25, 0.3) is 0 Å². The Morgan fingerprint density at radius 2 is 1.70 bits per heavy atom. The van der Waals surface area contributed by atoms with Gasteiger partial charge in [-0.3, -0.25) is 24.1 Å². The first-order valence-corrected chi connectivity index (χ1v) is 9.48. The molecule has 2 amide bonds. The molecule has 0 aromatic heterocycles. The number of fused-ring (bicyclic) bond motifs is 5. The summed E-state index contributed by atoms with van der Waals surface area (Å²) in [4.78, 5) is 50.7. The van der Waals surface area contributed by atoms with E-state index in [1.165, 1.54) is 0 Å². The minimum Gasteiger partial charge on any atom is -0.456 e. The zero-order valence-electron chi connectivity index (χ0n) is 15.6. The molecule has 4 rings (SSSR count). The summed E-state index contributed by atoms with van der Waals surface area (Å²) >= 11 is 0. The van der Waals surface area contributed by atoms with E-state index >= 15 is 0 Å².